The van der Waals surface area contributed by atoms with Gasteiger partial charge in [-0.25, -0.2) is 0 Å². The molecule has 1 saturated carbocycles. The first kappa shape index (κ1) is 13.2. The summed E-state index contributed by atoms with van der Waals surface area (Å²) in [4.78, 5) is 10.7. The first-order valence-electron chi connectivity index (χ1n) is 4.53. The standard InChI is InChI=1S/C6H11Br.C4H5ClO/c7-6-4-2-1-3-5-6;1-3(2)4(5)6/h6H,1-5H2;1H2,2H3. The Kier molecular flexibility index (Phi) is 7.68. The van der Waals surface area contributed by atoms with Crippen molar-refractivity contribution in [3.8, 4) is 0 Å². The van der Waals surface area contributed by atoms with E-state index in [4.69, 9.17) is 11.6 Å². The number of halogens is 2. The molecule has 0 aliphatic heterocycles. The first-order valence-corrected chi connectivity index (χ1v) is 5.83. The zero-order valence-corrected chi connectivity index (χ0v) is 10.3. The van der Waals surface area contributed by atoms with Gasteiger partial charge in [0.25, 0.3) is 0 Å². The van der Waals surface area contributed by atoms with Crippen molar-refractivity contribution in [3.63, 3.8) is 0 Å². The maximum Gasteiger partial charge on any atom is 0.247 e. The van der Waals surface area contributed by atoms with Crippen LogP contribution >= 0.6 is 27.5 Å². The predicted octanol–water partition coefficient (Wildman–Crippen LogP) is 4.04. The summed E-state index contributed by atoms with van der Waals surface area (Å²) in [6.45, 7) is 4.84. The Hall–Kier alpha value is 0.180. The fourth-order valence-corrected chi connectivity index (χ4v) is 1.70. The van der Waals surface area contributed by atoms with Gasteiger partial charge in [0, 0.05) is 10.4 Å². The highest BCUT2D eigenvalue weighted by Gasteiger charge is 2.07. The van der Waals surface area contributed by atoms with E-state index in [0.717, 1.165) is 4.83 Å². The highest BCUT2D eigenvalue weighted by atomic mass is 79.9. The molecule has 0 heterocycles. The van der Waals surface area contributed by atoms with Crippen LogP contribution in [-0.4, -0.2) is 10.1 Å². The number of hydrogen-bond donors (Lipinski definition) is 0. The van der Waals surface area contributed by atoms with Crippen LogP contribution in [0.4, 0.5) is 0 Å². The highest BCUT2D eigenvalue weighted by molar-refractivity contribution is 9.09. The molecule has 0 spiro atoms. The summed E-state index contributed by atoms with van der Waals surface area (Å²) in [7, 11) is 0. The largest absolute Gasteiger partial charge is 0.276 e. The summed E-state index contributed by atoms with van der Waals surface area (Å²) in [6, 6.07) is 0. The van der Waals surface area contributed by atoms with Gasteiger partial charge in [0.2, 0.25) is 5.24 Å². The average Bonchev–Trinajstić information content (AvgIpc) is 2.06. The monoisotopic (exact) mass is 266 g/mol. The molecule has 0 N–H and O–H groups in total. The molecule has 0 aromatic heterocycles. The molecular weight excluding hydrogens is 251 g/mol. The van der Waals surface area contributed by atoms with E-state index in [1.165, 1.54) is 32.1 Å². The molecule has 1 aliphatic rings. The summed E-state index contributed by atoms with van der Waals surface area (Å²) in [5.74, 6) is 0. The van der Waals surface area contributed by atoms with Crippen molar-refractivity contribution in [2.24, 2.45) is 0 Å². The van der Waals surface area contributed by atoms with Crippen molar-refractivity contribution in [1.82, 2.24) is 0 Å². The number of carbonyl (C=O) groups is 1. The van der Waals surface area contributed by atoms with Gasteiger partial charge in [-0.05, 0) is 31.4 Å². The van der Waals surface area contributed by atoms with Gasteiger partial charge in [-0.3, -0.25) is 4.79 Å². The smallest absolute Gasteiger partial charge is 0.247 e. The van der Waals surface area contributed by atoms with Gasteiger partial charge in [0.1, 0.15) is 0 Å². The van der Waals surface area contributed by atoms with Gasteiger partial charge in [-0.1, -0.05) is 41.8 Å². The molecule has 76 valence electrons. The fraction of sp³-hybridized carbons (Fsp3) is 0.700. The molecule has 0 atom stereocenters. The highest BCUT2D eigenvalue weighted by Crippen LogP contribution is 2.22. The van der Waals surface area contributed by atoms with Crippen LogP contribution in [0.5, 0.6) is 0 Å². The second-order valence-electron chi connectivity index (χ2n) is 3.29. The van der Waals surface area contributed by atoms with Gasteiger partial charge in [0.15, 0.2) is 0 Å². The third-order valence-electron chi connectivity index (χ3n) is 1.87. The summed E-state index contributed by atoms with van der Waals surface area (Å²) in [5.41, 5.74) is 0.386. The van der Waals surface area contributed by atoms with E-state index in [0.29, 0.717) is 5.57 Å². The van der Waals surface area contributed by atoms with Crippen molar-refractivity contribution < 1.29 is 4.79 Å². The zero-order chi connectivity index (χ0) is 10.3. The molecule has 0 amide bonds. The summed E-state index contributed by atoms with van der Waals surface area (Å²) >= 11 is 8.46. The van der Waals surface area contributed by atoms with E-state index in [2.05, 4.69) is 22.5 Å². The summed E-state index contributed by atoms with van der Waals surface area (Å²) in [6.07, 6.45) is 7.15. The van der Waals surface area contributed by atoms with Crippen LogP contribution in [0.15, 0.2) is 12.2 Å². The maximum absolute atomic E-state index is 9.81. The van der Waals surface area contributed by atoms with E-state index >= 15 is 0 Å². The lowest BCUT2D eigenvalue weighted by Gasteiger charge is -2.13. The molecule has 1 nitrogen and oxygen atoms in total. The van der Waals surface area contributed by atoms with Gasteiger partial charge >= 0.3 is 0 Å². The molecule has 0 bridgehead atoms. The third-order valence-corrected chi connectivity index (χ3v) is 3.11. The molecular formula is C10H16BrClO. The lowest BCUT2D eigenvalue weighted by molar-refractivity contribution is -0.108. The lowest BCUT2D eigenvalue weighted by atomic mass is 10.0. The molecule has 13 heavy (non-hydrogen) atoms. The van der Waals surface area contributed by atoms with Crippen molar-refractivity contribution >= 4 is 32.8 Å². The van der Waals surface area contributed by atoms with Crippen molar-refractivity contribution in [1.29, 1.82) is 0 Å². The minimum atomic E-state index is -0.463. The van der Waals surface area contributed by atoms with Crippen molar-refractivity contribution in [3.05, 3.63) is 12.2 Å². The van der Waals surface area contributed by atoms with Crippen LogP contribution in [0.1, 0.15) is 39.0 Å². The van der Waals surface area contributed by atoms with Crippen molar-refractivity contribution in [2.75, 3.05) is 0 Å². The normalized spacial score (nSPS) is 17.2. The SMILES string of the molecule is BrC1CCCCC1.C=C(C)C(=O)Cl. The third kappa shape index (κ3) is 8.51. The van der Waals surface area contributed by atoms with E-state index in [-0.39, 0.29) is 0 Å². The average molecular weight is 268 g/mol. The van der Waals surface area contributed by atoms with Crippen LogP contribution in [-0.2, 0) is 4.79 Å². The molecule has 1 rings (SSSR count). The zero-order valence-electron chi connectivity index (χ0n) is 7.98. The number of allylic oxidation sites excluding steroid dienone is 1. The van der Waals surface area contributed by atoms with E-state index < -0.39 is 5.24 Å². The van der Waals surface area contributed by atoms with Crippen LogP contribution in [0.25, 0.3) is 0 Å². The lowest BCUT2D eigenvalue weighted by Crippen LogP contribution is -2.02. The van der Waals surface area contributed by atoms with Crippen LogP contribution in [0, 0.1) is 0 Å². The number of rotatable bonds is 1. The minimum absolute atomic E-state index is 0.386. The first-order chi connectivity index (χ1) is 6.04. The minimum Gasteiger partial charge on any atom is -0.276 e. The van der Waals surface area contributed by atoms with E-state index in [1.54, 1.807) is 6.92 Å². The van der Waals surface area contributed by atoms with Crippen LogP contribution in [0.2, 0.25) is 0 Å². The van der Waals surface area contributed by atoms with Crippen LogP contribution < -0.4 is 0 Å². The second-order valence-corrected chi connectivity index (χ2v) is 4.93. The second kappa shape index (κ2) is 7.57. The maximum atomic E-state index is 9.81. The van der Waals surface area contributed by atoms with E-state index in [1.807, 2.05) is 0 Å². The Balaban J connectivity index is 0.000000226. The quantitative estimate of drug-likeness (QED) is 0.398. The van der Waals surface area contributed by atoms with Gasteiger partial charge < -0.3 is 0 Å². The van der Waals surface area contributed by atoms with Gasteiger partial charge in [-0.2, -0.15) is 0 Å². The molecule has 0 saturated heterocycles. The molecule has 0 unspecified atom stereocenters. The Morgan fingerprint density at radius 2 is 1.77 bits per heavy atom. The Labute approximate surface area is 93.7 Å². The Bertz CT molecular complexity index is 162. The molecule has 0 aromatic carbocycles. The predicted molar refractivity (Wildman–Crippen MR) is 61.5 cm³/mol. The number of alkyl halides is 1. The number of carbonyl (C=O) groups excluding carboxylic acids is 1. The van der Waals surface area contributed by atoms with Gasteiger partial charge in [0.05, 0.1) is 0 Å². The summed E-state index contributed by atoms with van der Waals surface area (Å²) < 4.78 is 0. The number of hydrogen-bond acceptors (Lipinski definition) is 1. The van der Waals surface area contributed by atoms with Crippen molar-refractivity contribution in [2.45, 2.75) is 43.9 Å². The molecule has 0 radical (unpaired) electrons. The fourth-order valence-electron chi connectivity index (χ4n) is 1.05. The molecule has 1 fully saturated rings. The Morgan fingerprint density at radius 3 is 1.92 bits per heavy atom. The molecule has 3 heteroatoms. The van der Waals surface area contributed by atoms with E-state index in [9.17, 15) is 4.79 Å². The topological polar surface area (TPSA) is 17.1 Å². The Morgan fingerprint density at radius 1 is 1.38 bits per heavy atom. The van der Waals surface area contributed by atoms with Crippen LogP contribution in [0.3, 0.4) is 0 Å². The van der Waals surface area contributed by atoms with Gasteiger partial charge in [-0.15, -0.1) is 0 Å². The summed E-state index contributed by atoms with van der Waals surface area (Å²) in [5, 5.41) is -0.463. The molecule has 1 aliphatic carbocycles. The molecule has 0 aromatic rings.